The van der Waals surface area contributed by atoms with E-state index in [1.807, 2.05) is 0 Å². The summed E-state index contributed by atoms with van der Waals surface area (Å²) in [5.74, 6) is -3.27. The SMILES string of the molecule is CC(CCSC(=O)c1ccc(C(F)(F)F)c(S(N)(=O)=O)c1)C(=O)N(CC(=O)O)CC1Nc2cc(Cl)c(S(N)(=O)=O)cc2S(=O)(=O)N1. The van der Waals surface area contributed by atoms with Crippen molar-refractivity contribution in [3.8, 4) is 0 Å². The number of thioether (sulfide) groups is 1. The van der Waals surface area contributed by atoms with E-state index in [4.69, 9.17) is 21.9 Å². The average Bonchev–Trinajstić information content (AvgIpc) is 2.89. The van der Waals surface area contributed by atoms with E-state index in [0.717, 1.165) is 23.1 Å². The Balaban J connectivity index is 1.72. The van der Waals surface area contributed by atoms with Crippen LogP contribution in [0.3, 0.4) is 0 Å². The number of halogens is 4. The molecule has 46 heavy (non-hydrogen) atoms. The lowest BCUT2D eigenvalue weighted by Gasteiger charge is -2.33. The predicted molar refractivity (Wildman–Crippen MR) is 158 cm³/mol. The maximum Gasteiger partial charge on any atom is 0.417 e. The van der Waals surface area contributed by atoms with E-state index in [1.54, 1.807) is 0 Å². The van der Waals surface area contributed by atoms with Crippen LogP contribution in [-0.2, 0) is 45.8 Å². The molecular weight excluding hydrogens is 727 g/mol. The first-order valence-corrected chi connectivity index (χ1v) is 18.4. The van der Waals surface area contributed by atoms with Gasteiger partial charge in [0.2, 0.25) is 41.1 Å². The van der Waals surface area contributed by atoms with E-state index >= 15 is 0 Å². The van der Waals surface area contributed by atoms with Crippen LogP contribution in [0.15, 0.2) is 45.0 Å². The van der Waals surface area contributed by atoms with Crippen LogP contribution in [0, 0.1) is 5.92 Å². The van der Waals surface area contributed by atoms with Gasteiger partial charge < -0.3 is 15.3 Å². The number of sulfonamides is 3. The molecule has 2 unspecified atom stereocenters. The Hall–Kier alpha value is -2.99. The van der Waals surface area contributed by atoms with Gasteiger partial charge in [-0.15, -0.1) is 0 Å². The number of amides is 1. The van der Waals surface area contributed by atoms with Gasteiger partial charge in [-0.05, 0) is 36.8 Å². The van der Waals surface area contributed by atoms with Crippen LogP contribution in [0.25, 0.3) is 0 Å². The number of hydrogen-bond donors (Lipinski definition) is 5. The fourth-order valence-corrected chi connectivity index (χ4v) is 8.44. The lowest BCUT2D eigenvalue weighted by atomic mass is 10.1. The molecule has 2 atom stereocenters. The topological polar surface area (TPSA) is 253 Å². The summed E-state index contributed by atoms with van der Waals surface area (Å²) in [5, 5.41) is 20.8. The normalized spacial score (nSPS) is 17.0. The van der Waals surface area contributed by atoms with Crippen LogP contribution in [0.5, 0.6) is 0 Å². The zero-order chi connectivity index (χ0) is 35.0. The van der Waals surface area contributed by atoms with Crippen LogP contribution in [0.4, 0.5) is 18.9 Å². The molecule has 0 aliphatic carbocycles. The highest BCUT2D eigenvalue weighted by Gasteiger charge is 2.37. The summed E-state index contributed by atoms with van der Waals surface area (Å²) in [6, 6.07) is 3.40. The van der Waals surface area contributed by atoms with Crippen molar-refractivity contribution in [2.24, 2.45) is 16.2 Å². The summed E-state index contributed by atoms with van der Waals surface area (Å²) in [6.07, 6.45) is -6.42. The fourth-order valence-electron chi connectivity index (χ4n) is 4.22. The first-order chi connectivity index (χ1) is 20.9. The third kappa shape index (κ3) is 9.08. The maximum atomic E-state index is 13.2. The van der Waals surface area contributed by atoms with Crippen LogP contribution >= 0.6 is 23.4 Å². The van der Waals surface area contributed by atoms with Crippen LogP contribution in [0.2, 0.25) is 5.02 Å². The Morgan fingerprint density at radius 2 is 1.70 bits per heavy atom. The minimum Gasteiger partial charge on any atom is -0.480 e. The molecule has 0 saturated heterocycles. The highest BCUT2D eigenvalue weighted by atomic mass is 35.5. The number of nitrogens with zero attached hydrogens (tertiary/aromatic N) is 1. The third-order valence-corrected chi connectivity index (χ3v) is 11.1. The number of carbonyl (C=O) groups is 3. The molecule has 0 radical (unpaired) electrons. The van der Waals surface area contributed by atoms with Gasteiger partial charge in [0.25, 0.3) is 0 Å². The molecule has 1 aliphatic heterocycles. The second kappa shape index (κ2) is 13.6. The number of benzene rings is 2. The van der Waals surface area contributed by atoms with E-state index in [2.05, 4.69) is 10.0 Å². The summed E-state index contributed by atoms with van der Waals surface area (Å²) < 4.78 is 114. The molecule has 254 valence electrons. The van der Waals surface area contributed by atoms with E-state index in [1.165, 1.54) is 6.92 Å². The molecule has 15 nitrogen and oxygen atoms in total. The summed E-state index contributed by atoms with van der Waals surface area (Å²) >= 11 is 6.51. The largest absolute Gasteiger partial charge is 0.480 e. The van der Waals surface area contributed by atoms with Crippen molar-refractivity contribution in [3.63, 3.8) is 0 Å². The van der Waals surface area contributed by atoms with Gasteiger partial charge in [-0.25, -0.2) is 35.5 Å². The molecule has 1 aliphatic rings. The molecule has 0 spiro atoms. The molecule has 2 aromatic rings. The van der Waals surface area contributed by atoms with Crippen molar-refractivity contribution in [3.05, 3.63) is 46.5 Å². The number of carboxylic acid groups (broad SMARTS) is 1. The van der Waals surface area contributed by atoms with Crippen molar-refractivity contribution in [2.45, 2.75) is 40.4 Å². The Labute approximate surface area is 270 Å². The summed E-state index contributed by atoms with van der Waals surface area (Å²) in [7, 11) is -13.6. The lowest BCUT2D eigenvalue weighted by molar-refractivity contribution is -0.146. The molecule has 7 N–H and O–H groups in total. The van der Waals surface area contributed by atoms with Crippen LogP contribution in [0.1, 0.15) is 29.3 Å². The van der Waals surface area contributed by atoms with Gasteiger partial charge in [-0.2, -0.15) is 17.9 Å². The summed E-state index contributed by atoms with van der Waals surface area (Å²) in [6.45, 7) is -0.00649. The minimum atomic E-state index is -5.06. The quantitative estimate of drug-likeness (QED) is 0.217. The molecule has 0 fully saturated rings. The maximum absolute atomic E-state index is 13.2. The third-order valence-electron chi connectivity index (χ3n) is 6.33. The molecule has 3 rings (SSSR count). The monoisotopic (exact) mass is 751 g/mol. The number of hydrogen-bond acceptors (Lipinski definition) is 11. The summed E-state index contributed by atoms with van der Waals surface area (Å²) in [5.41, 5.74) is -2.11. The van der Waals surface area contributed by atoms with E-state index in [-0.39, 0.29) is 17.9 Å². The molecule has 2 aromatic carbocycles. The second-order valence-electron chi connectivity index (χ2n) is 9.83. The van der Waals surface area contributed by atoms with Crippen molar-refractivity contribution in [1.29, 1.82) is 0 Å². The van der Waals surface area contributed by atoms with Gasteiger partial charge in [0.15, 0.2) is 0 Å². The number of rotatable bonds is 11. The fraction of sp³-hybridized carbons (Fsp3) is 0.348. The Bertz CT molecular complexity index is 1910. The number of primary sulfonamides is 2. The van der Waals surface area contributed by atoms with Crippen molar-refractivity contribution in [1.82, 2.24) is 9.62 Å². The smallest absolute Gasteiger partial charge is 0.417 e. The highest BCUT2D eigenvalue weighted by molar-refractivity contribution is 8.14. The van der Waals surface area contributed by atoms with Gasteiger partial charge in [-0.3, -0.25) is 14.4 Å². The number of fused-ring (bicyclic) bond motifs is 1. The van der Waals surface area contributed by atoms with Gasteiger partial charge >= 0.3 is 12.1 Å². The summed E-state index contributed by atoms with van der Waals surface area (Å²) in [4.78, 5) is 35.6. The number of aliphatic carboxylic acids is 1. The Kier molecular flexibility index (Phi) is 11.1. The highest BCUT2D eigenvalue weighted by Crippen LogP contribution is 2.35. The number of nitrogens with one attached hydrogen (secondary N) is 2. The van der Waals surface area contributed by atoms with Gasteiger partial charge in [0.05, 0.1) is 27.7 Å². The number of carbonyl (C=O) groups excluding carboxylic acids is 2. The van der Waals surface area contributed by atoms with Crippen LogP contribution < -0.4 is 20.3 Å². The second-order valence-corrected chi connectivity index (χ2v) is 16.1. The van der Waals surface area contributed by atoms with Gasteiger partial charge in [0, 0.05) is 17.2 Å². The zero-order valence-electron chi connectivity index (χ0n) is 23.2. The van der Waals surface area contributed by atoms with Gasteiger partial charge in [0.1, 0.15) is 22.5 Å². The van der Waals surface area contributed by atoms with Crippen molar-refractivity contribution >= 4 is 76.1 Å². The molecule has 1 amide bonds. The molecule has 1 heterocycles. The molecule has 0 bridgehead atoms. The standard InChI is InChI=1S/C23H25ClF3N5O10S4/c1-11(4-5-43-22(36)12-2-3-13(23(25,26)27)16(6-12)44(28,37)38)21(35)32(10-20(33)34)9-19-30-15-7-14(24)17(45(29,39)40)8-18(15)46(41,42)31-19/h2-3,6-8,11,19,30-31H,4-5,9-10H2,1H3,(H,33,34)(H2,28,37,38)(H2,29,39,40). The Morgan fingerprint density at radius 1 is 1.09 bits per heavy atom. The van der Waals surface area contributed by atoms with E-state index in [9.17, 15) is 57.9 Å². The number of nitrogens with two attached hydrogens (primary N) is 2. The van der Waals surface area contributed by atoms with Crippen molar-refractivity contribution in [2.75, 3.05) is 24.2 Å². The number of anilines is 1. The van der Waals surface area contributed by atoms with E-state index < -0.39 is 109 Å². The molecule has 0 saturated carbocycles. The number of alkyl halides is 3. The molecular formula is C23H25ClF3N5O10S4. The van der Waals surface area contributed by atoms with Crippen LogP contribution in [-0.4, -0.2) is 77.3 Å². The lowest BCUT2D eigenvalue weighted by Crippen LogP contribution is -2.53. The van der Waals surface area contributed by atoms with Gasteiger partial charge in [-0.1, -0.05) is 30.3 Å². The van der Waals surface area contributed by atoms with E-state index in [0.29, 0.717) is 23.9 Å². The average molecular weight is 752 g/mol. The minimum absolute atomic E-state index is 0.0629. The Morgan fingerprint density at radius 3 is 2.24 bits per heavy atom. The first kappa shape index (κ1) is 37.5. The molecule has 0 aromatic heterocycles. The first-order valence-electron chi connectivity index (χ1n) is 12.5. The zero-order valence-corrected chi connectivity index (χ0v) is 27.3. The number of carboxylic acids is 1. The van der Waals surface area contributed by atoms with Crippen molar-refractivity contribution < 1.29 is 57.9 Å². The molecule has 23 heteroatoms. The predicted octanol–water partition coefficient (Wildman–Crippen LogP) is 1.20.